The van der Waals surface area contributed by atoms with Gasteiger partial charge in [-0.2, -0.15) is 0 Å². The normalized spacial score (nSPS) is 12.5. The van der Waals surface area contributed by atoms with E-state index in [-0.39, 0.29) is 0 Å². The molecule has 6 heteroatoms. The van der Waals surface area contributed by atoms with E-state index in [4.69, 9.17) is 9.72 Å². The van der Waals surface area contributed by atoms with Crippen LogP contribution in [-0.4, -0.2) is 25.0 Å². The maximum Gasteiger partial charge on any atom is 0.217 e. The molecule has 0 saturated heterocycles. The summed E-state index contributed by atoms with van der Waals surface area (Å²) in [4.78, 5) is 14.0. The molecule has 1 aliphatic rings. The van der Waals surface area contributed by atoms with Gasteiger partial charge in [-0.25, -0.2) is 19.4 Å². The molecule has 4 aromatic carbocycles. The molecule has 6 nitrogen and oxygen atoms in total. The third kappa shape index (κ3) is 3.26. The lowest BCUT2D eigenvalue weighted by atomic mass is 10.0. The number of allylic oxidation sites excluding steroid dienone is 1. The number of aromatic nitrogens is 4. The summed E-state index contributed by atoms with van der Waals surface area (Å²) in [5.41, 5.74) is 7.13. The van der Waals surface area contributed by atoms with Crippen LogP contribution in [0, 0.1) is 6.08 Å². The SMILES string of the molecule is [C+]1=Cc2c(c3ccc(Oc4ccc5c6ccc(-c7ccccc7)cc6n6ccnc6c5c4)cc3c3nccn23)N=C1. The fourth-order valence-electron chi connectivity index (χ4n) is 6.03. The number of hydrogen-bond acceptors (Lipinski definition) is 4. The summed E-state index contributed by atoms with van der Waals surface area (Å²) in [5, 5.41) is 5.35. The summed E-state index contributed by atoms with van der Waals surface area (Å²) >= 11 is 0. The van der Waals surface area contributed by atoms with E-state index in [9.17, 15) is 0 Å². The molecule has 0 atom stereocenters. The van der Waals surface area contributed by atoms with E-state index in [2.05, 4.69) is 81.1 Å². The van der Waals surface area contributed by atoms with Gasteiger partial charge < -0.3 is 4.74 Å². The number of benzene rings is 4. The van der Waals surface area contributed by atoms with Gasteiger partial charge in [0.05, 0.1) is 11.7 Å². The van der Waals surface area contributed by atoms with Crippen molar-refractivity contribution in [1.82, 2.24) is 18.8 Å². The highest BCUT2D eigenvalue weighted by Gasteiger charge is 2.22. The molecule has 0 radical (unpaired) electrons. The lowest BCUT2D eigenvalue weighted by Gasteiger charge is -2.13. The topological polar surface area (TPSA) is 56.2 Å². The number of ether oxygens (including phenoxy) is 1. The highest BCUT2D eigenvalue weighted by molar-refractivity contribution is 6.13. The first-order chi connectivity index (χ1) is 20.3. The number of pyridine rings is 2. The van der Waals surface area contributed by atoms with Crippen molar-refractivity contribution in [2.45, 2.75) is 0 Å². The molecule has 9 rings (SSSR count). The summed E-state index contributed by atoms with van der Waals surface area (Å²) in [5.74, 6) is 1.48. The second-order valence-electron chi connectivity index (χ2n) is 10.2. The second-order valence-corrected chi connectivity index (χ2v) is 10.2. The Morgan fingerprint density at radius 3 is 2.15 bits per heavy atom. The van der Waals surface area contributed by atoms with Crippen LogP contribution < -0.4 is 4.74 Å². The molecule has 0 aliphatic carbocycles. The van der Waals surface area contributed by atoms with Gasteiger partial charge in [0.15, 0.2) is 23.6 Å². The van der Waals surface area contributed by atoms with E-state index in [1.54, 1.807) is 12.4 Å². The highest BCUT2D eigenvalue weighted by Crippen LogP contribution is 2.39. The quantitative estimate of drug-likeness (QED) is 0.171. The molecule has 41 heavy (non-hydrogen) atoms. The molecule has 0 bridgehead atoms. The Kier molecular flexibility index (Phi) is 4.47. The summed E-state index contributed by atoms with van der Waals surface area (Å²) in [6.07, 6.45) is 14.4. The van der Waals surface area contributed by atoms with E-state index in [0.29, 0.717) is 0 Å². The van der Waals surface area contributed by atoms with Crippen LogP contribution in [0.1, 0.15) is 5.69 Å². The van der Waals surface area contributed by atoms with Crippen molar-refractivity contribution in [1.29, 1.82) is 0 Å². The summed E-state index contributed by atoms with van der Waals surface area (Å²) in [6, 6.07) is 29.4. The lowest BCUT2D eigenvalue weighted by molar-refractivity contribution is 0.484. The van der Waals surface area contributed by atoms with Gasteiger partial charge in [0.2, 0.25) is 5.69 Å². The van der Waals surface area contributed by atoms with Crippen LogP contribution in [0.25, 0.3) is 60.9 Å². The molecule has 1 aliphatic heterocycles. The zero-order chi connectivity index (χ0) is 26.9. The van der Waals surface area contributed by atoms with Gasteiger partial charge >= 0.3 is 0 Å². The van der Waals surface area contributed by atoms with Crippen LogP contribution in [0.5, 0.6) is 11.5 Å². The Bertz CT molecular complexity index is 2400. The van der Waals surface area contributed by atoms with Crippen molar-refractivity contribution in [2.75, 3.05) is 0 Å². The zero-order valence-electron chi connectivity index (χ0n) is 21.7. The standard InChI is InChI=1S/C35H20N5O/c1-2-5-22(6-3-1)23-8-11-27-26-12-9-24(20-29(26)34-37-16-18-40(34)32(27)19-23)41-25-10-13-28-30(21-25)35-38-15-17-39(35)31-7-4-14-36-33(28)31/h1-3,5-21H/q+1. The highest BCUT2D eigenvalue weighted by atomic mass is 16.5. The number of fused-ring (bicyclic) bond motifs is 12. The minimum absolute atomic E-state index is 0.733. The third-order valence-corrected chi connectivity index (χ3v) is 7.88. The van der Waals surface area contributed by atoms with Crippen molar-refractivity contribution in [3.63, 3.8) is 0 Å². The lowest BCUT2D eigenvalue weighted by Crippen LogP contribution is -1.96. The van der Waals surface area contributed by atoms with E-state index in [0.717, 1.165) is 61.2 Å². The average molecular weight is 527 g/mol. The zero-order valence-corrected chi connectivity index (χ0v) is 21.7. The Labute approximate surface area is 234 Å². The van der Waals surface area contributed by atoms with E-state index in [1.807, 2.05) is 53.3 Å². The van der Waals surface area contributed by atoms with Crippen LogP contribution in [0.15, 0.2) is 115 Å². The monoisotopic (exact) mass is 526 g/mol. The number of hydrogen-bond donors (Lipinski definition) is 0. The molecule has 0 spiro atoms. The molecule has 0 amide bonds. The third-order valence-electron chi connectivity index (χ3n) is 7.88. The maximum absolute atomic E-state index is 6.45. The average Bonchev–Trinajstić information content (AvgIpc) is 3.73. The second kappa shape index (κ2) is 8.33. The van der Waals surface area contributed by atoms with Gasteiger partial charge in [-0.15, -0.1) is 0 Å². The molecule has 8 aromatic rings. The Morgan fingerprint density at radius 2 is 1.32 bits per heavy atom. The molecular weight excluding hydrogens is 506 g/mol. The van der Waals surface area contributed by atoms with Crippen molar-refractivity contribution < 1.29 is 4.74 Å². The molecule has 5 heterocycles. The van der Waals surface area contributed by atoms with Crippen molar-refractivity contribution in [3.05, 3.63) is 121 Å². The Hall–Kier alpha value is -5.84. The number of aliphatic imine (C=N–C) groups is 1. The number of nitrogens with zero attached hydrogens (tertiary/aromatic N) is 5. The van der Waals surface area contributed by atoms with Crippen LogP contribution >= 0.6 is 0 Å². The largest absolute Gasteiger partial charge is 0.457 e. The first-order valence-corrected chi connectivity index (χ1v) is 13.4. The molecular formula is C35H20N5O+. The minimum Gasteiger partial charge on any atom is -0.457 e. The predicted octanol–water partition coefficient (Wildman–Crippen LogP) is 8.43. The fourth-order valence-corrected chi connectivity index (χ4v) is 6.03. The molecule has 4 aromatic heterocycles. The van der Waals surface area contributed by atoms with Gasteiger partial charge in [0, 0.05) is 40.1 Å². The van der Waals surface area contributed by atoms with E-state index >= 15 is 0 Å². The first kappa shape index (κ1) is 22.0. The van der Waals surface area contributed by atoms with Gasteiger partial charge in [-0.05, 0) is 59.0 Å². The summed E-state index contributed by atoms with van der Waals surface area (Å²) < 4.78 is 10.7. The van der Waals surface area contributed by atoms with Crippen molar-refractivity contribution >= 4 is 61.7 Å². The van der Waals surface area contributed by atoms with E-state index in [1.165, 1.54) is 16.5 Å². The maximum atomic E-state index is 6.45. The molecule has 0 N–H and O–H groups in total. The smallest absolute Gasteiger partial charge is 0.217 e. The Morgan fingerprint density at radius 1 is 0.610 bits per heavy atom. The van der Waals surface area contributed by atoms with Gasteiger partial charge in [-0.1, -0.05) is 42.5 Å². The molecule has 0 fully saturated rings. The first-order valence-electron chi connectivity index (χ1n) is 13.4. The molecule has 0 saturated carbocycles. The fraction of sp³-hybridized carbons (Fsp3) is 0. The number of rotatable bonds is 3. The number of imidazole rings is 2. The summed E-state index contributed by atoms with van der Waals surface area (Å²) in [6.45, 7) is 0. The predicted molar refractivity (Wildman–Crippen MR) is 164 cm³/mol. The van der Waals surface area contributed by atoms with Crippen LogP contribution in [-0.2, 0) is 0 Å². The van der Waals surface area contributed by atoms with Gasteiger partial charge in [-0.3, -0.25) is 4.40 Å². The molecule has 0 unspecified atom stereocenters. The van der Waals surface area contributed by atoms with Crippen LogP contribution in [0.2, 0.25) is 0 Å². The Balaban J connectivity index is 1.18. The van der Waals surface area contributed by atoms with Crippen molar-refractivity contribution in [2.24, 2.45) is 4.99 Å². The van der Waals surface area contributed by atoms with E-state index < -0.39 is 0 Å². The van der Waals surface area contributed by atoms with Crippen LogP contribution in [0.3, 0.4) is 0 Å². The van der Waals surface area contributed by atoms with Gasteiger partial charge in [0.25, 0.3) is 0 Å². The summed E-state index contributed by atoms with van der Waals surface area (Å²) in [7, 11) is 0. The van der Waals surface area contributed by atoms with Crippen LogP contribution in [0.4, 0.5) is 5.69 Å². The molecule has 190 valence electrons. The van der Waals surface area contributed by atoms with Gasteiger partial charge in [0.1, 0.15) is 23.2 Å². The minimum atomic E-state index is 0.733. The van der Waals surface area contributed by atoms with Crippen molar-refractivity contribution in [3.8, 4) is 22.6 Å².